The molecule has 0 bridgehead atoms. The van der Waals surface area contributed by atoms with E-state index in [1.54, 1.807) is 7.11 Å². The number of pyridine rings is 1. The highest BCUT2D eigenvalue weighted by Gasteiger charge is 2.36. The molecule has 1 saturated carbocycles. The van der Waals surface area contributed by atoms with Gasteiger partial charge in [-0.2, -0.15) is 0 Å². The van der Waals surface area contributed by atoms with Crippen LogP contribution in [0.25, 0.3) is 0 Å². The third-order valence-electron chi connectivity index (χ3n) is 5.82. The molecule has 8 heteroatoms. The summed E-state index contributed by atoms with van der Waals surface area (Å²) in [5.74, 6) is 0.455. The lowest BCUT2D eigenvalue weighted by molar-refractivity contribution is -0.122. The van der Waals surface area contributed by atoms with Crippen molar-refractivity contribution in [1.82, 2.24) is 20.5 Å². The summed E-state index contributed by atoms with van der Waals surface area (Å²) in [4.78, 5) is 31.7. The molecular weight excluding hydrogens is 360 g/mol. The Morgan fingerprint density at radius 2 is 2.25 bits per heavy atom. The van der Waals surface area contributed by atoms with Crippen molar-refractivity contribution in [3.05, 3.63) is 22.9 Å². The van der Waals surface area contributed by atoms with E-state index >= 15 is 0 Å². The SMILES string of the molecule is COc1nc2c(cc1CNC(=O)C[C@@H]1COCCN1)C(=O)N(C1CCCC1)C2. The predicted octanol–water partition coefficient (Wildman–Crippen LogP) is 0.983. The number of hydrogen-bond acceptors (Lipinski definition) is 6. The first-order valence-corrected chi connectivity index (χ1v) is 10.1. The zero-order valence-corrected chi connectivity index (χ0v) is 16.3. The summed E-state index contributed by atoms with van der Waals surface area (Å²) in [6, 6.07) is 2.19. The van der Waals surface area contributed by atoms with Crippen molar-refractivity contribution in [3.8, 4) is 5.88 Å². The second kappa shape index (κ2) is 8.45. The van der Waals surface area contributed by atoms with Crippen molar-refractivity contribution in [2.75, 3.05) is 26.9 Å². The molecule has 2 amide bonds. The van der Waals surface area contributed by atoms with Crippen molar-refractivity contribution in [1.29, 1.82) is 0 Å². The zero-order chi connectivity index (χ0) is 19.5. The number of aromatic nitrogens is 1. The van der Waals surface area contributed by atoms with Crippen LogP contribution in [0.2, 0.25) is 0 Å². The number of hydrogen-bond donors (Lipinski definition) is 2. The van der Waals surface area contributed by atoms with Crippen LogP contribution in [0, 0.1) is 0 Å². The van der Waals surface area contributed by atoms with Crippen molar-refractivity contribution in [3.63, 3.8) is 0 Å². The summed E-state index contributed by atoms with van der Waals surface area (Å²) < 4.78 is 10.8. The highest BCUT2D eigenvalue weighted by molar-refractivity contribution is 5.98. The number of rotatable bonds is 6. The molecule has 3 aliphatic rings. The minimum Gasteiger partial charge on any atom is -0.481 e. The van der Waals surface area contributed by atoms with Crippen LogP contribution in [0.15, 0.2) is 6.07 Å². The average molecular weight is 388 g/mol. The van der Waals surface area contributed by atoms with Gasteiger partial charge in [-0.05, 0) is 18.9 Å². The summed E-state index contributed by atoms with van der Waals surface area (Å²) in [6.45, 7) is 2.83. The molecule has 1 saturated heterocycles. The van der Waals surface area contributed by atoms with E-state index < -0.39 is 0 Å². The van der Waals surface area contributed by atoms with Crippen molar-refractivity contribution < 1.29 is 19.1 Å². The molecule has 1 aromatic rings. The van der Waals surface area contributed by atoms with Gasteiger partial charge in [0.25, 0.3) is 5.91 Å². The highest BCUT2D eigenvalue weighted by Crippen LogP contribution is 2.33. The maximum absolute atomic E-state index is 12.9. The van der Waals surface area contributed by atoms with Gasteiger partial charge in [0.1, 0.15) is 0 Å². The minimum atomic E-state index is -0.0653. The Hall–Kier alpha value is -2.19. The first-order chi connectivity index (χ1) is 13.7. The van der Waals surface area contributed by atoms with Gasteiger partial charge in [0.05, 0.1) is 38.1 Å². The molecule has 28 heavy (non-hydrogen) atoms. The third kappa shape index (κ3) is 3.98. The Labute approximate surface area is 165 Å². The van der Waals surface area contributed by atoms with Crippen molar-refractivity contribution in [2.24, 2.45) is 0 Å². The number of nitrogens with one attached hydrogen (secondary N) is 2. The van der Waals surface area contributed by atoms with Gasteiger partial charge in [0, 0.05) is 37.2 Å². The molecule has 2 fully saturated rings. The molecule has 152 valence electrons. The quantitative estimate of drug-likeness (QED) is 0.755. The molecule has 4 rings (SSSR count). The standard InChI is InChI=1S/C20H28N4O4/c1-27-19-13(10-22-18(25)9-14-12-28-7-6-21-14)8-16-17(23-19)11-24(20(16)26)15-4-2-3-5-15/h8,14-15,21H,2-7,9-12H2,1H3,(H,22,25)/t14-/m1/s1. The van der Waals surface area contributed by atoms with Gasteiger partial charge >= 0.3 is 0 Å². The number of ether oxygens (including phenoxy) is 2. The van der Waals surface area contributed by atoms with Crippen LogP contribution in [0.4, 0.5) is 0 Å². The van der Waals surface area contributed by atoms with Crippen molar-refractivity contribution >= 4 is 11.8 Å². The van der Waals surface area contributed by atoms with Gasteiger partial charge in [0.2, 0.25) is 11.8 Å². The second-order valence-electron chi connectivity index (χ2n) is 7.73. The number of fused-ring (bicyclic) bond motifs is 1. The average Bonchev–Trinajstić information content (AvgIpc) is 3.34. The van der Waals surface area contributed by atoms with E-state index in [1.165, 1.54) is 12.8 Å². The van der Waals surface area contributed by atoms with Gasteiger partial charge in [-0.1, -0.05) is 12.8 Å². The third-order valence-corrected chi connectivity index (χ3v) is 5.82. The molecule has 1 atom stereocenters. The molecule has 2 aliphatic heterocycles. The number of amides is 2. The normalized spacial score (nSPS) is 22.4. The number of methoxy groups -OCH3 is 1. The summed E-state index contributed by atoms with van der Waals surface area (Å²) >= 11 is 0. The predicted molar refractivity (Wildman–Crippen MR) is 102 cm³/mol. The monoisotopic (exact) mass is 388 g/mol. The molecular formula is C20H28N4O4. The maximum Gasteiger partial charge on any atom is 0.256 e. The molecule has 0 spiro atoms. The first-order valence-electron chi connectivity index (χ1n) is 10.1. The molecule has 1 aromatic heterocycles. The van der Waals surface area contributed by atoms with Gasteiger partial charge in [0.15, 0.2) is 0 Å². The van der Waals surface area contributed by atoms with Gasteiger partial charge in [-0.15, -0.1) is 0 Å². The Balaban J connectivity index is 1.42. The fourth-order valence-corrected chi connectivity index (χ4v) is 4.32. The molecule has 2 N–H and O–H groups in total. The Bertz CT molecular complexity index is 742. The van der Waals surface area contributed by atoms with E-state index in [9.17, 15) is 9.59 Å². The Kier molecular flexibility index (Phi) is 5.77. The summed E-state index contributed by atoms with van der Waals surface area (Å²) in [6.07, 6.45) is 4.85. The largest absolute Gasteiger partial charge is 0.481 e. The van der Waals surface area contributed by atoms with Crippen LogP contribution in [0.5, 0.6) is 5.88 Å². The summed E-state index contributed by atoms with van der Waals surface area (Å²) in [5.41, 5.74) is 2.13. The second-order valence-corrected chi connectivity index (χ2v) is 7.73. The van der Waals surface area contributed by atoms with Crippen LogP contribution in [-0.2, 0) is 22.6 Å². The zero-order valence-electron chi connectivity index (χ0n) is 16.3. The maximum atomic E-state index is 12.9. The van der Waals surface area contributed by atoms with E-state index in [1.807, 2.05) is 11.0 Å². The number of morpholine rings is 1. The van der Waals surface area contributed by atoms with E-state index in [2.05, 4.69) is 15.6 Å². The van der Waals surface area contributed by atoms with Gasteiger partial charge in [-0.25, -0.2) is 4.98 Å². The van der Waals surface area contributed by atoms with Crippen LogP contribution < -0.4 is 15.4 Å². The molecule has 0 unspecified atom stereocenters. The van der Waals surface area contributed by atoms with E-state index in [-0.39, 0.29) is 24.4 Å². The minimum absolute atomic E-state index is 0.0374. The van der Waals surface area contributed by atoms with Crippen LogP contribution in [0.3, 0.4) is 0 Å². The van der Waals surface area contributed by atoms with Gasteiger partial charge < -0.3 is 25.0 Å². The lowest BCUT2D eigenvalue weighted by Crippen LogP contribution is -2.44. The number of nitrogens with zero attached hydrogens (tertiary/aromatic N) is 2. The fraction of sp³-hybridized carbons (Fsp3) is 0.650. The van der Waals surface area contributed by atoms with E-state index in [0.717, 1.165) is 30.6 Å². The topological polar surface area (TPSA) is 92.8 Å². The fourth-order valence-electron chi connectivity index (χ4n) is 4.32. The molecule has 1 aliphatic carbocycles. The summed E-state index contributed by atoms with van der Waals surface area (Å²) in [5, 5.41) is 6.18. The lowest BCUT2D eigenvalue weighted by Gasteiger charge is -2.23. The molecule has 0 aromatic carbocycles. The first kappa shape index (κ1) is 19.1. The lowest BCUT2D eigenvalue weighted by atomic mass is 10.1. The number of carbonyl (C=O) groups excluding carboxylic acids is 2. The van der Waals surface area contributed by atoms with Gasteiger partial charge in [-0.3, -0.25) is 9.59 Å². The van der Waals surface area contributed by atoms with Crippen molar-refractivity contribution in [2.45, 2.75) is 57.3 Å². The van der Waals surface area contributed by atoms with E-state index in [4.69, 9.17) is 9.47 Å². The Morgan fingerprint density at radius 1 is 1.43 bits per heavy atom. The van der Waals surface area contributed by atoms with E-state index in [0.29, 0.717) is 43.7 Å². The number of carbonyl (C=O) groups is 2. The highest BCUT2D eigenvalue weighted by atomic mass is 16.5. The van der Waals surface area contributed by atoms with Crippen LogP contribution in [0.1, 0.15) is 53.7 Å². The molecule has 0 radical (unpaired) electrons. The summed E-state index contributed by atoms with van der Waals surface area (Å²) in [7, 11) is 1.56. The smallest absolute Gasteiger partial charge is 0.256 e. The molecule has 8 nitrogen and oxygen atoms in total. The van der Waals surface area contributed by atoms with Crippen LogP contribution in [-0.4, -0.2) is 60.7 Å². The Morgan fingerprint density at radius 3 is 2.96 bits per heavy atom. The molecule has 3 heterocycles. The van der Waals surface area contributed by atoms with Crippen LogP contribution >= 0.6 is 0 Å².